The van der Waals surface area contributed by atoms with Crippen LogP contribution in [0, 0.1) is 0 Å². The maximum absolute atomic E-state index is 12.9. The van der Waals surface area contributed by atoms with Gasteiger partial charge in [0.2, 0.25) is 5.91 Å². The van der Waals surface area contributed by atoms with Gasteiger partial charge in [0, 0.05) is 6.42 Å². The Morgan fingerprint density at radius 2 is 1.88 bits per heavy atom. The van der Waals surface area contributed by atoms with Crippen LogP contribution in [0.5, 0.6) is 0 Å². The summed E-state index contributed by atoms with van der Waals surface area (Å²) in [5, 5.41) is 2.44. The maximum Gasteiger partial charge on any atom is 0.407 e. The van der Waals surface area contributed by atoms with Crippen LogP contribution < -0.4 is 5.32 Å². The predicted octanol–water partition coefficient (Wildman–Crippen LogP) is 0.167. The monoisotopic (exact) mass is 356 g/mol. The van der Waals surface area contributed by atoms with Crippen LogP contribution in [-0.2, 0) is 28.5 Å². The molecular weight excluding hydrogens is 332 g/mol. The van der Waals surface area contributed by atoms with Gasteiger partial charge in [-0.05, 0) is 27.2 Å². The van der Waals surface area contributed by atoms with Gasteiger partial charge in [-0.2, -0.15) is 0 Å². The average Bonchev–Trinajstić information content (AvgIpc) is 2.85. The molecule has 5 atom stereocenters. The fraction of sp³-hybridized carbons (Fsp3) is 0.812. The van der Waals surface area contributed by atoms with Crippen molar-refractivity contribution in [1.29, 1.82) is 0 Å². The quantitative estimate of drug-likeness (QED) is 0.668. The van der Waals surface area contributed by atoms with Crippen molar-refractivity contribution in [1.82, 2.24) is 10.2 Å². The summed E-state index contributed by atoms with van der Waals surface area (Å²) < 4.78 is 21.8. The minimum absolute atomic E-state index is 0.0404. The van der Waals surface area contributed by atoms with Gasteiger partial charge in [-0.15, -0.1) is 0 Å². The lowest BCUT2D eigenvalue weighted by Crippen LogP contribution is -2.54. The number of cyclic esters (lactones) is 1. The van der Waals surface area contributed by atoms with Gasteiger partial charge in [0.05, 0.1) is 25.9 Å². The van der Waals surface area contributed by atoms with E-state index in [4.69, 9.17) is 14.2 Å². The largest absolute Gasteiger partial charge is 0.458 e. The first kappa shape index (κ1) is 17.9. The average molecular weight is 356 g/mol. The topological polar surface area (TPSA) is 103 Å². The van der Waals surface area contributed by atoms with Crippen LogP contribution in [0.2, 0.25) is 0 Å². The first-order valence-electron chi connectivity index (χ1n) is 8.46. The molecule has 3 rings (SSSR count). The first-order valence-corrected chi connectivity index (χ1v) is 8.46. The van der Waals surface area contributed by atoms with E-state index in [9.17, 15) is 14.4 Å². The number of nitrogens with one attached hydrogen (secondary N) is 1. The van der Waals surface area contributed by atoms with Gasteiger partial charge >= 0.3 is 12.1 Å². The second-order valence-electron chi connectivity index (χ2n) is 6.94. The molecule has 0 saturated carbocycles. The molecule has 1 spiro atoms. The molecule has 0 aromatic heterocycles. The van der Waals surface area contributed by atoms with Crippen molar-refractivity contribution in [3.63, 3.8) is 0 Å². The second kappa shape index (κ2) is 6.45. The van der Waals surface area contributed by atoms with Gasteiger partial charge in [-0.3, -0.25) is 4.79 Å². The van der Waals surface area contributed by atoms with E-state index in [2.05, 4.69) is 10.1 Å². The number of fused-ring (bicyclic) bond motifs is 1. The van der Waals surface area contributed by atoms with Gasteiger partial charge in [-0.25, -0.2) is 9.59 Å². The molecular formula is C16H24N2O7. The molecule has 1 N–H and O–H groups in total. The number of nitrogens with zero attached hydrogens (tertiary/aromatic N) is 1. The normalized spacial score (nSPS) is 41.1. The molecule has 9 heteroatoms. The van der Waals surface area contributed by atoms with Crippen LogP contribution in [0.3, 0.4) is 0 Å². The molecule has 3 fully saturated rings. The Kier molecular flexibility index (Phi) is 4.63. The molecule has 140 valence electrons. The SMILES string of the molecule is COC(=O)NC1C(=O)N2CC3(CC2C(=O)OC1C)OC(C)CC(C)O3. The van der Waals surface area contributed by atoms with Crippen molar-refractivity contribution < 1.29 is 33.3 Å². The number of alkyl carbamates (subject to hydrolysis) is 1. The number of amides is 2. The highest BCUT2D eigenvalue weighted by Crippen LogP contribution is 2.39. The van der Waals surface area contributed by atoms with Crippen LogP contribution in [0.25, 0.3) is 0 Å². The third-order valence-electron chi connectivity index (χ3n) is 4.84. The van der Waals surface area contributed by atoms with E-state index in [0.717, 1.165) is 6.42 Å². The van der Waals surface area contributed by atoms with Crippen LogP contribution >= 0.6 is 0 Å². The van der Waals surface area contributed by atoms with Crippen LogP contribution in [0.4, 0.5) is 4.79 Å². The highest BCUT2D eigenvalue weighted by Gasteiger charge is 2.57. The van der Waals surface area contributed by atoms with Crippen molar-refractivity contribution in [3.05, 3.63) is 0 Å². The lowest BCUT2D eigenvalue weighted by molar-refractivity contribution is -0.303. The molecule has 0 radical (unpaired) electrons. The van der Waals surface area contributed by atoms with Crippen LogP contribution in [0.1, 0.15) is 33.6 Å². The van der Waals surface area contributed by atoms with Crippen molar-refractivity contribution in [3.8, 4) is 0 Å². The molecule has 3 saturated heterocycles. The van der Waals surface area contributed by atoms with E-state index in [1.165, 1.54) is 12.0 Å². The van der Waals surface area contributed by atoms with Crippen LogP contribution in [0.15, 0.2) is 0 Å². The zero-order chi connectivity index (χ0) is 18.4. The van der Waals surface area contributed by atoms with E-state index in [-0.39, 0.29) is 25.2 Å². The summed E-state index contributed by atoms with van der Waals surface area (Å²) in [5.41, 5.74) is 0. The number of ether oxygens (including phenoxy) is 4. The predicted molar refractivity (Wildman–Crippen MR) is 83.4 cm³/mol. The van der Waals surface area contributed by atoms with Crippen molar-refractivity contribution in [2.75, 3.05) is 13.7 Å². The fourth-order valence-corrected chi connectivity index (χ4v) is 3.85. The molecule has 0 bridgehead atoms. The summed E-state index contributed by atoms with van der Waals surface area (Å²) in [6, 6.07) is -1.81. The summed E-state index contributed by atoms with van der Waals surface area (Å²) >= 11 is 0. The first-order chi connectivity index (χ1) is 11.7. The zero-order valence-electron chi connectivity index (χ0n) is 14.8. The molecule has 5 unspecified atom stereocenters. The Balaban J connectivity index is 1.85. The number of carbonyl (C=O) groups excluding carboxylic acids is 3. The molecule has 2 amide bonds. The number of rotatable bonds is 1. The van der Waals surface area contributed by atoms with Crippen LogP contribution in [-0.4, -0.2) is 72.7 Å². The zero-order valence-corrected chi connectivity index (χ0v) is 14.8. The molecule has 25 heavy (non-hydrogen) atoms. The number of carbonyl (C=O) groups is 3. The molecule has 0 aromatic carbocycles. The third-order valence-corrected chi connectivity index (χ3v) is 4.84. The second-order valence-corrected chi connectivity index (χ2v) is 6.94. The molecule has 0 aliphatic carbocycles. The Morgan fingerprint density at radius 3 is 2.48 bits per heavy atom. The fourth-order valence-electron chi connectivity index (χ4n) is 3.85. The van der Waals surface area contributed by atoms with E-state index in [0.29, 0.717) is 0 Å². The standard InChI is InChI=1S/C16H24N2O7/c1-8-5-9(2)25-16(24-8)6-11-14(20)23-10(3)12(17-15(21)22-4)13(19)18(11)7-16/h8-12H,5-7H2,1-4H3,(H,17,21). The highest BCUT2D eigenvalue weighted by molar-refractivity contribution is 5.92. The van der Waals surface area contributed by atoms with E-state index >= 15 is 0 Å². The number of hydrogen-bond acceptors (Lipinski definition) is 7. The maximum atomic E-state index is 12.9. The summed E-state index contributed by atoms with van der Waals surface area (Å²) in [6.45, 7) is 5.56. The highest BCUT2D eigenvalue weighted by atomic mass is 16.7. The Hall–Kier alpha value is -1.87. The Labute approximate surface area is 145 Å². The summed E-state index contributed by atoms with van der Waals surface area (Å²) in [4.78, 5) is 38.3. The van der Waals surface area contributed by atoms with Gasteiger partial charge in [-0.1, -0.05) is 0 Å². The minimum atomic E-state index is -1.02. The van der Waals surface area contributed by atoms with E-state index in [1.807, 2.05) is 13.8 Å². The Bertz CT molecular complexity index is 571. The molecule has 9 nitrogen and oxygen atoms in total. The number of hydrogen-bond donors (Lipinski definition) is 1. The number of methoxy groups -OCH3 is 1. The summed E-state index contributed by atoms with van der Waals surface area (Å²) in [7, 11) is 1.20. The molecule has 0 aromatic rings. The smallest absolute Gasteiger partial charge is 0.407 e. The summed E-state index contributed by atoms with van der Waals surface area (Å²) in [5.74, 6) is -1.96. The minimum Gasteiger partial charge on any atom is -0.458 e. The molecule has 3 aliphatic rings. The lowest BCUT2D eigenvalue weighted by Gasteiger charge is -2.40. The van der Waals surface area contributed by atoms with Crippen molar-refractivity contribution >= 4 is 18.0 Å². The summed E-state index contributed by atoms with van der Waals surface area (Å²) in [6.07, 6.45) is -0.687. The molecule has 3 aliphatic heterocycles. The lowest BCUT2D eigenvalue weighted by atomic mass is 10.1. The molecule has 3 heterocycles. The third kappa shape index (κ3) is 3.30. The van der Waals surface area contributed by atoms with Crippen molar-refractivity contribution in [2.45, 2.75) is 69.8 Å². The van der Waals surface area contributed by atoms with E-state index in [1.54, 1.807) is 6.92 Å². The van der Waals surface area contributed by atoms with Gasteiger partial charge in [0.25, 0.3) is 0 Å². The Morgan fingerprint density at radius 1 is 1.24 bits per heavy atom. The van der Waals surface area contributed by atoms with Gasteiger partial charge < -0.3 is 29.2 Å². The van der Waals surface area contributed by atoms with Gasteiger partial charge in [0.15, 0.2) is 5.79 Å². The number of esters is 1. The van der Waals surface area contributed by atoms with Gasteiger partial charge in [0.1, 0.15) is 18.2 Å². The van der Waals surface area contributed by atoms with E-state index < -0.39 is 41.9 Å². The van der Waals surface area contributed by atoms with Crippen molar-refractivity contribution in [2.24, 2.45) is 0 Å².